The average Bonchev–Trinajstić information content (AvgIpc) is 2.95. The van der Waals surface area contributed by atoms with E-state index in [-0.39, 0.29) is 5.97 Å². The molecular formula is C11H17NO3. The molecule has 1 N–H and O–H groups in total. The first-order valence-corrected chi connectivity index (χ1v) is 5.42. The lowest BCUT2D eigenvalue weighted by atomic mass is 9.89. The van der Waals surface area contributed by atoms with Crippen LogP contribution in [0.25, 0.3) is 0 Å². The first-order chi connectivity index (χ1) is 7.16. The van der Waals surface area contributed by atoms with Gasteiger partial charge >= 0.3 is 5.97 Å². The third-order valence-electron chi connectivity index (χ3n) is 3.00. The van der Waals surface area contributed by atoms with Crippen molar-refractivity contribution in [2.45, 2.75) is 38.4 Å². The summed E-state index contributed by atoms with van der Waals surface area (Å²) < 4.78 is 5.42. The summed E-state index contributed by atoms with van der Waals surface area (Å²) in [4.78, 5) is 15.9. The quantitative estimate of drug-likeness (QED) is 0.431. The van der Waals surface area contributed by atoms with Gasteiger partial charge in [-0.25, -0.2) is 4.79 Å². The number of fused-ring (bicyclic) bond motifs is 1. The smallest absolute Gasteiger partial charge is 0.351 e. The van der Waals surface area contributed by atoms with Gasteiger partial charge in [-0.05, 0) is 32.1 Å². The zero-order valence-corrected chi connectivity index (χ0v) is 8.99. The van der Waals surface area contributed by atoms with E-state index in [1.54, 1.807) is 6.92 Å². The van der Waals surface area contributed by atoms with Gasteiger partial charge in [-0.1, -0.05) is 6.58 Å². The van der Waals surface area contributed by atoms with Gasteiger partial charge in [0.05, 0.1) is 12.2 Å². The Bertz CT molecular complexity index is 277. The van der Waals surface area contributed by atoms with Crippen LogP contribution >= 0.6 is 0 Å². The molecule has 2 rings (SSSR count). The minimum Gasteiger partial charge on any atom is -0.370 e. The Morgan fingerprint density at radius 2 is 2.33 bits per heavy atom. The number of hydroxylamine groups is 1. The normalized spacial score (nSPS) is 33.0. The standard InChI is InChI=1S/C11H17NO3/c1-7(2)11(13)15-12-6-8-3-4-9-10(5-8)14-9/h8-10,12H,1,3-6H2,2H3. The van der Waals surface area contributed by atoms with Crippen LogP contribution in [-0.2, 0) is 14.4 Å². The van der Waals surface area contributed by atoms with Crippen molar-refractivity contribution >= 4 is 5.97 Å². The van der Waals surface area contributed by atoms with Gasteiger partial charge in [0, 0.05) is 12.1 Å². The topological polar surface area (TPSA) is 50.9 Å². The SMILES string of the molecule is C=C(C)C(=O)ONCC1CCC2OC2C1. The summed E-state index contributed by atoms with van der Waals surface area (Å²) in [6.07, 6.45) is 4.38. The Labute approximate surface area is 89.6 Å². The van der Waals surface area contributed by atoms with Crippen LogP contribution in [0, 0.1) is 5.92 Å². The maximum absolute atomic E-state index is 11.0. The summed E-state index contributed by atoms with van der Waals surface area (Å²) in [7, 11) is 0. The Morgan fingerprint density at radius 1 is 1.53 bits per heavy atom. The van der Waals surface area contributed by atoms with Crippen molar-refractivity contribution in [3.05, 3.63) is 12.2 Å². The van der Waals surface area contributed by atoms with Crippen LogP contribution in [0.2, 0.25) is 0 Å². The second kappa shape index (κ2) is 4.33. The van der Waals surface area contributed by atoms with Gasteiger partial charge in [0.25, 0.3) is 0 Å². The molecule has 0 aromatic heterocycles. The van der Waals surface area contributed by atoms with E-state index >= 15 is 0 Å². The fraction of sp³-hybridized carbons (Fsp3) is 0.727. The van der Waals surface area contributed by atoms with Crippen molar-refractivity contribution < 1.29 is 14.4 Å². The highest BCUT2D eigenvalue weighted by molar-refractivity contribution is 5.86. The molecule has 2 fully saturated rings. The molecule has 1 saturated heterocycles. The van der Waals surface area contributed by atoms with Crippen LogP contribution in [0.5, 0.6) is 0 Å². The highest BCUT2D eigenvalue weighted by Crippen LogP contribution is 2.38. The fourth-order valence-corrected chi connectivity index (χ4v) is 1.98. The lowest BCUT2D eigenvalue weighted by Gasteiger charge is -2.18. The molecule has 2 aliphatic rings. The largest absolute Gasteiger partial charge is 0.370 e. The Morgan fingerprint density at radius 3 is 3.00 bits per heavy atom. The number of nitrogens with one attached hydrogen (secondary N) is 1. The van der Waals surface area contributed by atoms with E-state index in [4.69, 9.17) is 9.57 Å². The predicted octanol–water partition coefficient (Wildman–Crippen LogP) is 1.18. The molecule has 3 unspecified atom stereocenters. The van der Waals surface area contributed by atoms with Crippen LogP contribution < -0.4 is 5.48 Å². The van der Waals surface area contributed by atoms with E-state index in [0.717, 1.165) is 19.3 Å². The molecular weight excluding hydrogens is 194 g/mol. The van der Waals surface area contributed by atoms with Crippen LogP contribution in [0.3, 0.4) is 0 Å². The summed E-state index contributed by atoms with van der Waals surface area (Å²) in [5.41, 5.74) is 3.12. The Hall–Kier alpha value is -0.870. The summed E-state index contributed by atoms with van der Waals surface area (Å²) in [5.74, 6) is 0.179. The average molecular weight is 211 g/mol. The number of carbonyl (C=O) groups excluding carboxylic acids is 1. The van der Waals surface area contributed by atoms with E-state index in [0.29, 0.717) is 30.2 Å². The number of epoxide rings is 1. The van der Waals surface area contributed by atoms with E-state index in [1.807, 2.05) is 0 Å². The summed E-state index contributed by atoms with van der Waals surface area (Å²) in [5, 5.41) is 0. The van der Waals surface area contributed by atoms with Crippen molar-refractivity contribution in [3.63, 3.8) is 0 Å². The molecule has 1 aliphatic carbocycles. The van der Waals surface area contributed by atoms with Gasteiger partial charge in [0.1, 0.15) is 0 Å². The maximum Gasteiger partial charge on any atom is 0.351 e. The minimum absolute atomic E-state index is 0.383. The molecule has 3 atom stereocenters. The molecule has 0 bridgehead atoms. The molecule has 1 saturated carbocycles. The van der Waals surface area contributed by atoms with E-state index in [2.05, 4.69) is 12.1 Å². The van der Waals surface area contributed by atoms with E-state index in [1.165, 1.54) is 0 Å². The zero-order chi connectivity index (χ0) is 10.8. The molecule has 84 valence electrons. The molecule has 0 aromatic rings. The van der Waals surface area contributed by atoms with Gasteiger partial charge in [0.2, 0.25) is 0 Å². The van der Waals surface area contributed by atoms with Crippen LogP contribution in [-0.4, -0.2) is 24.7 Å². The number of rotatable bonds is 4. The van der Waals surface area contributed by atoms with Crippen molar-refractivity contribution in [1.82, 2.24) is 5.48 Å². The number of hydrogen-bond donors (Lipinski definition) is 1. The summed E-state index contributed by atoms with van der Waals surface area (Å²) >= 11 is 0. The van der Waals surface area contributed by atoms with Crippen LogP contribution in [0.1, 0.15) is 26.2 Å². The summed E-state index contributed by atoms with van der Waals surface area (Å²) in [6, 6.07) is 0. The maximum atomic E-state index is 11.0. The van der Waals surface area contributed by atoms with Gasteiger partial charge in [0.15, 0.2) is 0 Å². The molecule has 4 nitrogen and oxygen atoms in total. The number of carbonyl (C=O) groups is 1. The Balaban J connectivity index is 1.61. The molecule has 0 spiro atoms. The first kappa shape index (κ1) is 10.6. The number of ether oxygens (including phenoxy) is 1. The molecule has 1 aliphatic heterocycles. The van der Waals surface area contributed by atoms with Gasteiger partial charge in [-0.15, -0.1) is 0 Å². The second-order valence-corrected chi connectivity index (χ2v) is 4.41. The van der Waals surface area contributed by atoms with E-state index < -0.39 is 0 Å². The zero-order valence-electron chi connectivity index (χ0n) is 8.99. The van der Waals surface area contributed by atoms with Crippen LogP contribution in [0.4, 0.5) is 0 Å². The minimum atomic E-state index is -0.383. The predicted molar refractivity (Wildman–Crippen MR) is 54.9 cm³/mol. The third kappa shape index (κ3) is 2.79. The Kier molecular flexibility index (Phi) is 3.07. The molecule has 0 aromatic carbocycles. The fourth-order valence-electron chi connectivity index (χ4n) is 1.98. The highest BCUT2D eigenvalue weighted by atomic mass is 16.7. The molecule has 15 heavy (non-hydrogen) atoms. The van der Waals surface area contributed by atoms with E-state index in [9.17, 15) is 4.79 Å². The lowest BCUT2D eigenvalue weighted by Crippen LogP contribution is -2.29. The van der Waals surface area contributed by atoms with Crippen molar-refractivity contribution in [1.29, 1.82) is 0 Å². The van der Waals surface area contributed by atoms with Crippen molar-refractivity contribution in [2.75, 3.05) is 6.54 Å². The molecule has 0 amide bonds. The van der Waals surface area contributed by atoms with Crippen molar-refractivity contribution in [2.24, 2.45) is 5.92 Å². The monoisotopic (exact) mass is 211 g/mol. The first-order valence-electron chi connectivity index (χ1n) is 5.42. The van der Waals surface area contributed by atoms with Gasteiger partial charge in [-0.2, -0.15) is 5.48 Å². The van der Waals surface area contributed by atoms with Crippen molar-refractivity contribution in [3.8, 4) is 0 Å². The lowest BCUT2D eigenvalue weighted by molar-refractivity contribution is -0.146. The van der Waals surface area contributed by atoms with Gasteiger partial charge < -0.3 is 9.57 Å². The molecule has 1 heterocycles. The highest BCUT2D eigenvalue weighted by Gasteiger charge is 2.43. The second-order valence-electron chi connectivity index (χ2n) is 4.41. The third-order valence-corrected chi connectivity index (χ3v) is 3.00. The summed E-state index contributed by atoms with van der Waals surface area (Å²) in [6.45, 7) is 5.85. The van der Waals surface area contributed by atoms with Gasteiger partial charge in [-0.3, -0.25) is 0 Å². The van der Waals surface area contributed by atoms with Crippen LogP contribution in [0.15, 0.2) is 12.2 Å². The molecule has 0 radical (unpaired) electrons. The number of hydrogen-bond acceptors (Lipinski definition) is 4. The molecule has 4 heteroatoms.